The summed E-state index contributed by atoms with van der Waals surface area (Å²) >= 11 is 6.06. The van der Waals surface area contributed by atoms with Crippen molar-refractivity contribution in [2.75, 3.05) is 12.4 Å². The Morgan fingerprint density at radius 1 is 0.852 bits per heavy atom. The van der Waals surface area contributed by atoms with Gasteiger partial charge in [0.2, 0.25) is 0 Å². The predicted molar refractivity (Wildman–Crippen MR) is 108 cm³/mol. The maximum atomic E-state index is 12.6. The first kappa shape index (κ1) is 18.7. The summed E-state index contributed by atoms with van der Waals surface area (Å²) in [5, 5.41) is 3.24. The molecule has 27 heavy (non-hydrogen) atoms. The van der Waals surface area contributed by atoms with Gasteiger partial charge in [0.25, 0.3) is 11.8 Å². The maximum Gasteiger partial charge on any atom is 0.255 e. The number of carbonyl (C=O) groups excluding carboxylic acids is 2. The van der Waals surface area contributed by atoms with E-state index in [9.17, 15) is 9.59 Å². The first-order valence-electron chi connectivity index (χ1n) is 8.50. The Hall–Kier alpha value is -3.11. The molecule has 0 aliphatic rings. The van der Waals surface area contributed by atoms with E-state index in [4.69, 9.17) is 11.6 Å². The van der Waals surface area contributed by atoms with Gasteiger partial charge in [0.15, 0.2) is 0 Å². The van der Waals surface area contributed by atoms with Crippen molar-refractivity contribution in [2.45, 2.75) is 6.54 Å². The van der Waals surface area contributed by atoms with Gasteiger partial charge in [-0.2, -0.15) is 0 Å². The summed E-state index contributed by atoms with van der Waals surface area (Å²) in [6.07, 6.45) is 0. The molecule has 1 N–H and O–H groups in total. The summed E-state index contributed by atoms with van der Waals surface area (Å²) in [7, 11) is 1.76. The van der Waals surface area contributed by atoms with E-state index in [2.05, 4.69) is 5.32 Å². The number of halogens is 1. The SMILES string of the molecule is CN(Cc1ccccc1)C(=O)c1ccc(C(=O)Nc2ccccc2Cl)cc1. The maximum absolute atomic E-state index is 12.6. The largest absolute Gasteiger partial charge is 0.337 e. The number of rotatable bonds is 5. The van der Waals surface area contributed by atoms with E-state index < -0.39 is 0 Å². The number of carbonyl (C=O) groups is 2. The topological polar surface area (TPSA) is 49.4 Å². The number of benzene rings is 3. The minimum atomic E-state index is -0.278. The number of hydrogen-bond donors (Lipinski definition) is 1. The van der Waals surface area contributed by atoms with Crippen LogP contribution in [0.1, 0.15) is 26.3 Å². The van der Waals surface area contributed by atoms with Crippen LogP contribution >= 0.6 is 11.6 Å². The smallest absolute Gasteiger partial charge is 0.255 e. The minimum Gasteiger partial charge on any atom is -0.337 e. The predicted octanol–water partition coefficient (Wildman–Crippen LogP) is 4.86. The summed E-state index contributed by atoms with van der Waals surface area (Å²) in [5.74, 6) is -0.378. The number of para-hydroxylation sites is 1. The zero-order valence-corrected chi connectivity index (χ0v) is 15.6. The van der Waals surface area contributed by atoms with Crippen molar-refractivity contribution in [3.63, 3.8) is 0 Å². The van der Waals surface area contributed by atoms with Crippen LogP contribution in [-0.2, 0) is 6.54 Å². The second-order valence-corrected chi connectivity index (χ2v) is 6.57. The van der Waals surface area contributed by atoms with E-state index in [-0.39, 0.29) is 11.8 Å². The van der Waals surface area contributed by atoms with Gasteiger partial charge in [0.1, 0.15) is 0 Å². The molecule has 3 aromatic rings. The van der Waals surface area contributed by atoms with Crippen LogP contribution in [0.5, 0.6) is 0 Å². The molecule has 0 bridgehead atoms. The van der Waals surface area contributed by atoms with E-state index in [1.165, 1.54) is 0 Å². The van der Waals surface area contributed by atoms with Crippen molar-refractivity contribution < 1.29 is 9.59 Å². The van der Waals surface area contributed by atoms with E-state index in [0.29, 0.717) is 28.4 Å². The molecule has 0 fully saturated rings. The van der Waals surface area contributed by atoms with Crippen LogP contribution in [0.15, 0.2) is 78.9 Å². The van der Waals surface area contributed by atoms with Crippen molar-refractivity contribution in [2.24, 2.45) is 0 Å². The number of anilines is 1. The highest BCUT2D eigenvalue weighted by molar-refractivity contribution is 6.33. The van der Waals surface area contributed by atoms with Crippen molar-refractivity contribution in [3.05, 3.63) is 101 Å². The summed E-state index contributed by atoms with van der Waals surface area (Å²) < 4.78 is 0. The summed E-state index contributed by atoms with van der Waals surface area (Å²) in [4.78, 5) is 26.6. The van der Waals surface area contributed by atoms with Crippen molar-refractivity contribution in [1.82, 2.24) is 4.90 Å². The molecule has 2 amide bonds. The van der Waals surface area contributed by atoms with Crippen LogP contribution in [0.4, 0.5) is 5.69 Å². The monoisotopic (exact) mass is 378 g/mol. The molecule has 0 aliphatic heterocycles. The molecule has 0 saturated carbocycles. The second kappa shape index (κ2) is 8.52. The zero-order valence-electron chi connectivity index (χ0n) is 14.9. The fourth-order valence-corrected chi connectivity index (χ4v) is 2.85. The number of nitrogens with one attached hydrogen (secondary N) is 1. The average Bonchev–Trinajstić information content (AvgIpc) is 2.70. The van der Waals surface area contributed by atoms with Crippen LogP contribution < -0.4 is 5.32 Å². The lowest BCUT2D eigenvalue weighted by Gasteiger charge is -2.17. The Morgan fingerprint density at radius 2 is 1.44 bits per heavy atom. The fourth-order valence-electron chi connectivity index (χ4n) is 2.67. The molecule has 0 saturated heterocycles. The normalized spacial score (nSPS) is 10.3. The van der Waals surface area contributed by atoms with Crippen molar-refractivity contribution >= 4 is 29.1 Å². The molecule has 0 unspecified atom stereocenters. The highest BCUT2D eigenvalue weighted by atomic mass is 35.5. The van der Waals surface area contributed by atoms with E-state index in [1.807, 2.05) is 30.3 Å². The molecule has 0 radical (unpaired) electrons. The van der Waals surface area contributed by atoms with Crippen molar-refractivity contribution in [1.29, 1.82) is 0 Å². The molecule has 136 valence electrons. The fraction of sp³-hybridized carbons (Fsp3) is 0.0909. The second-order valence-electron chi connectivity index (χ2n) is 6.16. The minimum absolute atomic E-state index is 0.100. The molecule has 0 aromatic heterocycles. The lowest BCUT2D eigenvalue weighted by atomic mass is 10.1. The Bertz CT molecular complexity index is 940. The first-order chi connectivity index (χ1) is 13.0. The Morgan fingerprint density at radius 3 is 2.11 bits per heavy atom. The third-order valence-corrected chi connectivity index (χ3v) is 4.45. The lowest BCUT2D eigenvalue weighted by molar-refractivity contribution is 0.0784. The molecule has 0 spiro atoms. The van der Waals surface area contributed by atoms with Crippen LogP contribution in [0.3, 0.4) is 0 Å². The Balaban J connectivity index is 1.66. The highest BCUT2D eigenvalue weighted by Crippen LogP contribution is 2.21. The molecule has 5 heteroatoms. The Labute approximate surface area is 163 Å². The van der Waals surface area contributed by atoms with Crippen LogP contribution in [0.25, 0.3) is 0 Å². The molecular weight excluding hydrogens is 360 g/mol. The number of hydrogen-bond acceptors (Lipinski definition) is 2. The molecule has 0 atom stereocenters. The van der Waals surface area contributed by atoms with Crippen LogP contribution in [-0.4, -0.2) is 23.8 Å². The van der Waals surface area contributed by atoms with Gasteiger partial charge in [-0.1, -0.05) is 54.1 Å². The number of amides is 2. The van der Waals surface area contributed by atoms with Gasteiger partial charge in [-0.15, -0.1) is 0 Å². The van der Waals surface area contributed by atoms with Gasteiger partial charge >= 0.3 is 0 Å². The molecule has 3 aromatic carbocycles. The molecule has 4 nitrogen and oxygen atoms in total. The van der Waals surface area contributed by atoms with Gasteiger partial charge in [0.05, 0.1) is 10.7 Å². The standard InChI is InChI=1S/C22H19ClN2O2/c1-25(15-16-7-3-2-4-8-16)22(27)18-13-11-17(12-14-18)21(26)24-20-10-6-5-9-19(20)23/h2-14H,15H2,1H3,(H,24,26). The van der Waals surface area contributed by atoms with Gasteiger partial charge in [0, 0.05) is 24.7 Å². The van der Waals surface area contributed by atoms with E-state index in [0.717, 1.165) is 5.56 Å². The molecule has 0 heterocycles. The Kier molecular flexibility index (Phi) is 5.89. The number of nitrogens with zero attached hydrogens (tertiary/aromatic N) is 1. The molecule has 0 aliphatic carbocycles. The van der Waals surface area contributed by atoms with Crippen LogP contribution in [0, 0.1) is 0 Å². The van der Waals surface area contributed by atoms with Crippen molar-refractivity contribution in [3.8, 4) is 0 Å². The summed E-state index contributed by atoms with van der Waals surface area (Å²) in [6.45, 7) is 0.522. The first-order valence-corrected chi connectivity index (χ1v) is 8.88. The third kappa shape index (κ3) is 4.74. The highest BCUT2D eigenvalue weighted by Gasteiger charge is 2.14. The third-order valence-electron chi connectivity index (χ3n) is 4.13. The molecule has 3 rings (SSSR count). The van der Waals surface area contributed by atoms with Gasteiger partial charge < -0.3 is 10.2 Å². The quantitative estimate of drug-likeness (QED) is 0.688. The van der Waals surface area contributed by atoms with E-state index in [1.54, 1.807) is 60.5 Å². The molecular formula is C22H19ClN2O2. The summed E-state index contributed by atoms with van der Waals surface area (Å²) in [6, 6.07) is 23.4. The lowest BCUT2D eigenvalue weighted by Crippen LogP contribution is -2.26. The average molecular weight is 379 g/mol. The van der Waals surface area contributed by atoms with Gasteiger partial charge in [-0.25, -0.2) is 0 Å². The van der Waals surface area contributed by atoms with Gasteiger partial charge in [-0.3, -0.25) is 9.59 Å². The van der Waals surface area contributed by atoms with Crippen LogP contribution in [0.2, 0.25) is 5.02 Å². The summed E-state index contributed by atoms with van der Waals surface area (Å²) in [5.41, 5.74) is 2.59. The zero-order chi connectivity index (χ0) is 19.2. The van der Waals surface area contributed by atoms with E-state index >= 15 is 0 Å². The van der Waals surface area contributed by atoms with Gasteiger partial charge in [-0.05, 0) is 42.0 Å².